The van der Waals surface area contributed by atoms with Gasteiger partial charge in [0.15, 0.2) is 0 Å². The molecule has 1 aliphatic rings. The molecule has 0 bridgehead atoms. The van der Waals surface area contributed by atoms with E-state index in [9.17, 15) is 9.59 Å². The predicted octanol–water partition coefficient (Wildman–Crippen LogP) is 0.290. The summed E-state index contributed by atoms with van der Waals surface area (Å²) in [6.45, 7) is 1.33. The van der Waals surface area contributed by atoms with Gasteiger partial charge < -0.3 is 10.6 Å². The standard InChI is InChI=1S/C16H16N6O2/c1-20-15(24)12-4-2-3-5-13(12)19-16(20)21-8-11(9-21)22-7-10(6-18-22)14(17)23/h2-7,11H,8-9H2,1H3,(H2,17,23). The fraction of sp³-hybridized carbons (Fsp3) is 0.250. The van der Waals surface area contributed by atoms with Crippen molar-refractivity contribution in [2.45, 2.75) is 6.04 Å². The van der Waals surface area contributed by atoms with E-state index >= 15 is 0 Å². The quantitative estimate of drug-likeness (QED) is 0.746. The molecule has 0 radical (unpaired) electrons. The largest absolute Gasteiger partial charge is 0.366 e. The van der Waals surface area contributed by atoms with E-state index in [2.05, 4.69) is 10.1 Å². The lowest BCUT2D eigenvalue weighted by Gasteiger charge is -2.40. The zero-order valence-electron chi connectivity index (χ0n) is 13.1. The van der Waals surface area contributed by atoms with Gasteiger partial charge in [-0.2, -0.15) is 5.10 Å². The summed E-state index contributed by atoms with van der Waals surface area (Å²) in [5.41, 5.74) is 6.26. The monoisotopic (exact) mass is 324 g/mol. The zero-order chi connectivity index (χ0) is 16.8. The predicted molar refractivity (Wildman–Crippen MR) is 89.0 cm³/mol. The molecule has 0 spiro atoms. The molecule has 1 fully saturated rings. The van der Waals surface area contributed by atoms with Gasteiger partial charge in [0.2, 0.25) is 5.95 Å². The highest BCUT2D eigenvalue weighted by Crippen LogP contribution is 2.26. The third-order valence-corrected chi connectivity index (χ3v) is 4.36. The summed E-state index contributed by atoms with van der Waals surface area (Å²) in [5.74, 6) is 0.147. The number of carbonyl (C=O) groups excluding carboxylic acids is 1. The minimum absolute atomic E-state index is 0.0610. The molecule has 2 aromatic heterocycles. The first-order chi connectivity index (χ1) is 11.5. The number of carbonyl (C=O) groups is 1. The first-order valence-electron chi connectivity index (χ1n) is 7.59. The topological polar surface area (TPSA) is 99.0 Å². The minimum Gasteiger partial charge on any atom is -0.366 e. The van der Waals surface area contributed by atoms with Gasteiger partial charge in [-0.3, -0.25) is 18.8 Å². The van der Waals surface area contributed by atoms with E-state index < -0.39 is 5.91 Å². The smallest absolute Gasteiger partial charge is 0.262 e. The summed E-state index contributed by atoms with van der Waals surface area (Å²) in [5, 5.41) is 4.79. The Morgan fingerprint density at radius 1 is 1.29 bits per heavy atom. The van der Waals surface area contributed by atoms with Gasteiger partial charge in [-0.05, 0) is 12.1 Å². The lowest BCUT2D eigenvalue weighted by Crippen LogP contribution is -2.50. The number of nitrogens with zero attached hydrogens (tertiary/aromatic N) is 5. The Kier molecular flexibility index (Phi) is 3.12. The van der Waals surface area contributed by atoms with E-state index in [0.29, 0.717) is 35.5 Å². The van der Waals surface area contributed by atoms with Gasteiger partial charge in [0.05, 0.1) is 28.7 Å². The van der Waals surface area contributed by atoms with E-state index in [-0.39, 0.29) is 11.6 Å². The number of amides is 1. The average molecular weight is 324 g/mol. The molecular weight excluding hydrogens is 308 g/mol. The third-order valence-electron chi connectivity index (χ3n) is 4.36. The van der Waals surface area contributed by atoms with Crippen LogP contribution in [0.3, 0.4) is 0 Å². The molecule has 0 atom stereocenters. The maximum absolute atomic E-state index is 12.5. The van der Waals surface area contributed by atoms with Gasteiger partial charge in [0.1, 0.15) is 0 Å². The lowest BCUT2D eigenvalue weighted by molar-refractivity contribution is 0.1000. The number of benzene rings is 1. The molecule has 1 amide bonds. The number of fused-ring (bicyclic) bond motifs is 1. The summed E-state index contributed by atoms with van der Waals surface area (Å²) >= 11 is 0. The molecule has 8 nitrogen and oxygen atoms in total. The molecule has 24 heavy (non-hydrogen) atoms. The number of nitrogens with two attached hydrogens (primary N) is 1. The van der Waals surface area contributed by atoms with Gasteiger partial charge >= 0.3 is 0 Å². The summed E-state index contributed by atoms with van der Waals surface area (Å²) in [6.07, 6.45) is 3.12. The Morgan fingerprint density at radius 3 is 2.75 bits per heavy atom. The van der Waals surface area contributed by atoms with Crippen LogP contribution in [0.4, 0.5) is 5.95 Å². The van der Waals surface area contributed by atoms with Crippen LogP contribution in [0.2, 0.25) is 0 Å². The minimum atomic E-state index is -0.490. The molecule has 3 aromatic rings. The summed E-state index contributed by atoms with van der Waals surface area (Å²) in [7, 11) is 1.73. The number of hydrogen-bond donors (Lipinski definition) is 1. The van der Waals surface area contributed by atoms with Crippen LogP contribution in [0.25, 0.3) is 10.9 Å². The van der Waals surface area contributed by atoms with Gasteiger partial charge in [-0.15, -0.1) is 0 Å². The van der Waals surface area contributed by atoms with Crippen molar-refractivity contribution in [3.8, 4) is 0 Å². The van der Waals surface area contributed by atoms with Crippen LogP contribution in [-0.4, -0.2) is 38.3 Å². The van der Waals surface area contributed by atoms with Crippen molar-refractivity contribution in [1.82, 2.24) is 19.3 Å². The highest BCUT2D eigenvalue weighted by molar-refractivity contribution is 5.92. The number of rotatable bonds is 3. The molecule has 2 N–H and O–H groups in total. The Balaban J connectivity index is 1.60. The van der Waals surface area contributed by atoms with Crippen molar-refractivity contribution >= 4 is 22.8 Å². The van der Waals surface area contributed by atoms with Gasteiger partial charge in [0.25, 0.3) is 11.5 Å². The maximum atomic E-state index is 12.5. The van der Waals surface area contributed by atoms with Crippen molar-refractivity contribution in [1.29, 1.82) is 0 Å². The van der Waals surface area contributed by atoms with Crippen molar-refractivity contribution in [3.05, 3.63) is 52.6 Å². The molecule has 1 aromatic carbocycles. The number of primary amides is 1. The summed E-state index contributed by atoms with van der Waals surface area (Å²) in [6, 6.07) is 7.44. The highest BCUT2D eigenvalue weighted by Gasteiger charge is 2.32. The second-order valence-electron chi connectivity index (χ2n) is 5.93. The SMILES string of the molecule is Cn1c(N2CC(n3cc(C(N)=O)cn3)C2)nc2ccccc2c1=O. The van der Waals surface area contributed by atoms with Gasteiger partial charge in [-0.1, -0.05) is 12.1 Å². The Morgan fingerprint density at radius 2 is 2.04 bits per heavy atom. The molecule has 3 heterocycles. The Labute approximate surface area is 137 Å². The molecule has 0 saturated carbocycles. The van der Waals surface area contributed by atoms with E-state index in [4.69, 9.17) is 5.73 Å². The number of hydrogen-bond acceptors (Lipinski definition) is 5. The average Bonchev–Trinajstić information content (AvgIpc) is 3.00. The molecule has 0 aliphatic carbocycles. The van der Waals surface area contributed by atoms with Crippen LogP contribution in [0.5, 0.6) is 0 Å². The van der Waals surface area contributed by atoms with Crippen LogP contribution >= 0.6 is 0 Å². The number of anilines is 1. The van der Waals surface area contributed by atoms with E-state index in [0.717, 1.165) is 0 Å². The first kappa shape index (κ1) is 14.4. The van der Waals surface area contributed by atoms with E-state index in [1.807, 2.05) is 23.1 Å². The summed E-state index contributed by atoms with van der Waals surface area (Å²) < 4.78 is 3.30. The first-order valence-corrected chi connectivity index (χ1v) is 7.59. The normalized spacial score (nSPS) is 14.8. The molecule has 4 rings (SSSR count). The van der Waals surface area contributed by atoms with E-state index in [1.165, 1.54) is 6.20 Å². The van der Waals surface area contributed by atoms with Crippen LogP contribution in [0.1, 0.15) is 16.4 Å². The van der Waals surface area contributed by atoms with Gasteiger partial charge in [0, 0.05) is 26.3 Å². The van der Waals surface area contributed by atoms with E-state index in [1.54, 1.807) is 28.6 Å². The van der Waals surface area contributed by atoms with Crippen molar-refractivity contribution < 1.29 is 4.79 Å². The van der Waals surface area contributed by atoms with Crippen LogP contribution in [-0.2, 0) is 7.05 Å². The highest BCUT2D eigenvalue weighted by atomic mass is 16.1. The third kappa shape index (κ3) is 2.15. The fourth-order valence-electron chi connectivity index (χ4n) is 2.94. The second kappa shape index (κ2) is 5.19. The Bertz CT molecular complexity index is 999. The summed E-state index contributed by atoms with van der Waals surface area (Å²) in [4.78, 5) is 30.2. The molecule has 8 heteroatoms. The molecule has 1 saturated heterocycles. The van der Waals surface area contributed by atoms with Crippen molar-refractivity contribution in [2.24, 2.45) is 12.8 Å². The molecular formula is C16H16N6O2. The molecule has 0 unspecified atom stereocenters. The molecule has 1 aliphatic heterocycles. The van der Waals surface area contributed by atoms with Crippen LogP contribution in [0.15, 0.2) is 41.5 Å². The number of para-hydroxylation sites is 1. The second-order valence-corrected chi connectivity index (χ2v) is 5.93. The fourth-order valence-corrected chi connectivity index (χ4v) is 2.94. The van der Waals surface area contributed by atoms with Crippen LogP contribution < -0.4 is 16.2 Å². The maximum Gasteiger partial charge on any atom is 0.262 e. The number of aromatic nitrogens is 4. The van der Waals surface area contributed by atoms with Crippen LogP contribution in [0, 0.1) is 0 Å². The van der Waals surface area contributed by atoms with Crippen molar-refractivity contribution in [2.75, 3.05) is 18.0 Å². The molecule has 122 valence electrons. The van der Waals surface area contributed by atoms with Crippen molar-refractivity contribution in [3.63, 3.8) is 0 Å². The lowest BCUT2D eigenvalue weighted by atomic mass is 10.1. The van der Waals surface area contributed by atoms with Gasteiger partial charge in [-0.25, -0.2) is 4.98 Å². The zero-order valence-corrected chi connectivity index (χ0v) is 13.1. The Hall–Kier alpha value is -3.16.